The second-order valence-corrected chi connectivity index (χ2v) is 6.15. The molecule has 1 aromatic carbocycles. The Labute approximate surface area is 127 Å². The highest BCUT2D eigenvalue weighted by Crippen LogP contribution is 2.31. The van der Waals surface area contributed by atoms with Gasteiger partial charge in [-0.25, -0.2) is 4.79 Å². The molecule has 1 aliphatic carbocycles. The first-order chi connectivity index (χ1) is 10.1. The van der Waals surface area contributed by atoms with Crippen molar-refractivity contribution < 1.29 is 9.53 Å². The van der Waals surface area contributed by atoms with E-state index < -0.39 is 0 Å². The molecule has 0 saturated heterocycles. The molecule has 116 valence electrons. The molecule has 21 heavy (non-hydrogen) atoms. The molecule has 3 N–H and O–H groups in total. The van der Waals surface area contributed by atoms with Gasteiger partial charge in [-0.2, -0.15) is 0 Å². The molecule has 1 aromatic rings. The van der Waals surface area contributed by atoms with Crippen molar-refractivity contribution in [3.05, 3.63) is 23.8 Å². The van der Waals surface area contributed by atoms with E-state index in [4.69, 9.17) is 10.5 Å². The van der Waals surface area contributed by atoms with Crippen molar-refractivity contribution in [2.45, 2.75) is 39.0 Å². The number of ether oxygens (including phenoxy) is 1. The topological polar surface area (TPSA) is 64.3 Å². The number of methoxy groups -OCH3 is 1. The van der Waals surface area contributed by atoms with E-state index in [0.717, 1.165) is 30.5 Å². The Morgan fingerprint density at radius 3 is 2.95 bits per heavy atom. The Kier molecular flexibility index (Phi) is 5.48. The van der Waals surface area contributed by atoms with Crippen LogP contribution in [0.2, 0.25) is 0 Å². The molecule has 1 saturated carbocycles. The second-order valence-electron chi connectivity index (χ2n) is 6.15. The fourth-order valence-electron chi connectivity index (χ4n) is 3.19. The average Bonchev–Trinajstić information content (AvgIpc) is 2.48. The number of rotatable bonds is 5. The molecule has 4 nitrogen and oxygen atoms in total. The monoisotopic (exact) mass is 290 g/mol. The number of nitrogens with two attached hydrogens (primary N) is 1. The molecule has 0 spiro atoms. The van der Waals surface area contributed by atoms with Gasteiger partial charge in [-0.15, -0.1) is 0 Å². The molecule has 2 unspecified atom stereocenters. The number of esters is 1. The molecular formula is C17H26N2O2. The quantitative estimate of drug-likeness (QED) is 0.641. The van der Waals surface area contributed by atoms with Gasteiger partial charge < -0.3 is 15.8 Å². The molecule has 0 aliphatic heterocycles. The van der Waals surface area contributed by atoms with Gasteiger partial charge in [0.1, 0.15) is 0 Å². The van der Waals surface area contributed by atoms with Crippen LogP contribution in [0.25, 0.3) is 0 Å². The predicted molar refractivity (Wildman–Crippen MR) is 86.4 cm³/mol. The van der Waals surface area contributed by atoms with E-state index in [2.05, 4.69) is 12.2 Å². The Balaban J connectivity index is 1.88. The predicted octanol–water partition coefficient (Wildman–Crippen LogP) is 3.68. The lowest BCUT2D eigenvalue weighted by Crippen LogP contribution is -2.17. The summed E-state index contributed by atoms with van der Waals surface area (Å²) in [6.07, 6.45) is 6.55. The minimum atomic E-state index is -0.334. The summed E-state index contributed by atoms with van der Waals surface area (Å²) >= 11 is 0. The van der Waals surface area contributed by atoms with Gasteiger partial charge >= 0.3 is 5.97 Å². The third-order valence-corrected chi connectivity index (χ3v) is 4.39. The van der Waals surface area contributed by atoms with Crippen molar-refractivity contribution >= 4 is 17.3 Å². The zero-order chi connectivity index (χ0) is 15.2. The number of benzene rings is 1. The van der Waals surface area contributed by atoms with Crippen molar-refractivity contribution in [2.75, 3.05) is 24.7 Å². The van der Waals surface area contributed by atoms with Crippen LogP contribution in [0.5, 0.6) is 0 Å². The maximum atomic E-state index is 11.5. The first-order valence-corrected chi connectivity index (χ1v) is 7.82. The maximum absolute atomic E-state index is 11.5. The van der Waals surface area contributed by atoms with E-state index in [1.165, 1.54) is 32.8 Å². The van der Waals surface area contributed by atoms with Crippen molar-refractivity contribution in [1.29, 1.82) is 0 Å². The number of nitrogen functional groups attached to an aromatic ring is 1. The number of hydrogen-bond acceptors (Lipinski definition) is 4. The first kappa shape index (κ1) is 15.7. The van der Waals surface area contributed by atoms with Crippen molar-refractivity contribution in [2.24, 2.45) is 11.8 Å². The van der Waals surface area contributed by atoms with E-state index in [1.54, 1.807) is 18.2 Å². The molecule has 0 aromatic heterocycles. The van der Waals surface area contributed by atoms with Gasteiger partial charge in [0, 0.05) is 6.54 Å². The summed E-state index contributed by atoms with van der Waals surface area (Å²) in [5.74, 6) is 1.34. The SMILES string of the molecule is COC(=O)c1ccc(N)c(NCCC2CCCC(C)C2)c1. The molecule has 4 heteroatoms. The van der Waals surface area contributed by atoms with Crippen LogP contribution >= 0.6 is 0 Å². The number of hydrogen-bond donors (Lipinski definition) is 2. The summed E-state index contributed by atoms with van der Waals surface area (Å²) in [5, 5.41) is 3.36. The van der Waals surface area contributed by atoms with Crippen LogP contribution in [0.3, 0.4) is 0 Å². The molecule has 0 radical (unpaired) electrons. The summed E-state index contributed by atoms with van der Waals surface area (Å²) in [7, 11) is 1.38. The van der Waals surface area contributed by atoms with Gasteiger partial charge in [0.2, 0.25) is 0 Å². The fourth-order valence-corrected chi connectivity index (χ4v) is 3.19. The normalized spacial score (nSPS) is 21.8. The molecule has 0 heterocycles. The third-order valence-electron chi connectivity index (χ3n) is 4.39. The summed E-state index contributed by atoms with van der Waals surface area (Å²) < 4.78 is 4.74. The highest BCUT2D eigenvalue weighted by molar-refractivity contribution is 5.91. The van der Waals surface area contributed by atoms with Crippen molar-refractivity contribution in [3.63, 3.8) is 0 Å². The van der Waals surface area contributed by atoms with Crippen molar-refractivity contribution in [1.82, 2.24) is 0 Å². The van der Waals surface area contributed by atoms with Gasteiger partial charge in [0.05, 0.1) is 24.0 Å². The first-order valence-electron chi connectivity index (χ1n) is 7.82. The third kappa shape index (κ3) is 4.38. The highest BCUT2D eigenvalue weighted by Gasteiger charge is 2.18. The zero-order valence-electron chi connectivity index (χ0n) is 13.0. The second kappa shape index (κ2) is 7.34. The van der Waals surface area contributed by atoms with Crippen LogP contribution in [0.15, 0.2) is 18.2 Å². The molecule has 1 aliphatic rings. The molecule has 2 atom stereocenters. The van der Waals surface area contributed by atoms with Crippen LogP contribution in [-0.4, -0.2) is 19.6 Å². The number of nitrogens with one attached hydrogen (secondary N) is 1. The van der Waals surface area contributed by atoms with E-state index in [-0.39, 0.29) is 5.97 Å². The standard InChI is InChI=1S/C17H26N2O2/c1-12-4-3-5-13(10-12)8-9-19-16-11-14(17(20)21-2)6-7-15(16)18/h6-7,11-13,19H,3-5,8-10,18H2,1-2H3. The molecular weight excluding hydrogens is 264 g/mol. The van der Waals surface area contributed by atoms with E-state index in [9.17, 15) is 4.79 Å². The van der Waals surface area contributed by atoms with Gasteiger partial charge in [-0.05, 0) is 42.9 Å². The van der Waals surface area contributed by atoms with Crippen molar-refractivity contribution in [3.8, 4) is 0 Å². The Hall–Kier alpha value is -1.71. The van der Waals surface area contributed by atoms with E-state index >= 15 is 0 Å². The smallest absolute Gasteiger partial charge is 0.337 e. The lowest BCUT2D eigenvalue weighted by molar-refractivity contribution is 0.0601. The average molecular weight is 290 g/mol. The zero-order valence-corrected chi connectivity index (χ0v) is 13.0. The minimum Gasteiger partial charge on any atom is -0.465 e. The number of carbonyl (C=O) groups is 1. The van der Waals surface area contributed by atoms with E-state index in [1.807, 2.05) is 0 Å². The van der Waals surface area contributed by atoms with Crippen LogP contribution in [0.4, 0.5) is 11.4 Å². The van der Waals surface area contributed by atoms with Gasteiger partial charge in [0.25, 0.3) is 0 Å². The molecule has 1 fully saturated rings. The summed E-state index contributed by atoms with van der Waals surface area (Å²) in [5.41, 5.74) is 7.97. The maximum Gasteiger partial charge on any atom is 0.337 e. The fraction of sp³-hybridized carbons (Fsp3) is 0.588. The van der Waals surface area contributed by atoms with Crippen LogP contribution in [-0.2, 0) is 4.74 Å². The Bertz CT molecular complexity index is 488. The van der Waals surface area contributed by atoms with Crippen LogP contribution in [0, 0.1) is 11.8 Å². The summed E-state index contributed by atoms with van der Waals surface area (Å²) in [6, 6.07) is 5.21. The highest BCUT2D eigenvalue weighted by atomic mass is 16.5. The van der Waals surface area contributed by atoms with E-state index in [0.29, 0.717) is 11.3 Å². The molecule has 0 bridgehead atoms. The largest absolute Gasteiger partial charge is 0.465 e. The molecule has 0 amide bonds. The van der Waals surface area contributed by atoms with Gasteiger partial charge in [-0.1, -0.05) is 26.2 Å². The van der Waals surface area contributed by atoms with Crippen LogP contribution in [0.1, 0.15) is 49.4 Å². The Morgan fingerprint density at radius 2 is 2.24 bits per heavy atom. The van der Waals surface area contributed by atoms with Crippen LogP contribution < -0.4 is 11.1 Å². The lowest BCUT2D eigenvalue weighted by Gasteiger charge is -2.26. The van der Waals surface area contributed by atoms with Gasteiger partial charge in [0.15, 0.2) is 0 Å². The summed E-state index contributed by atoms with van der Waals surface area (Å²) in [4.78, 5) is 11.5. The number of carbonyl (C=O) groups excluding carboxylic acids is 1. The Morgan fingerprint density at radius 1 is 1.43 bits per heavy atom. The summed E-state index contributed by atoms with van der Waals surface area (Å²) in [6.45, 7) is 3.24. The molecule has 2 rings (SSSR count). The lowest BCUT2D eigenvalue weighted by atomic mass is 9.81. The number of anilines is 2. The minimum absolute atomic E-state index is 0.334. The van der Waals surface area contributed by atoms with Gasteiger partial charge in [-0.3, -0.25) is 0 Å².